The number of carbonyl (C=O) groups is 1. The molecule has 2 aliphatic heterocycles. The van der Waals surface area contributed by atoms with Gasteiger partial charge in [0.2, 0.25) is 0 Å². The van der Waals surface area contributed by atoms with E-state index in [0.29, 0.717) is 6.04 Å². The van der Waals surface area contributed by atoms with Gasteiger partial charge in [-0.25, -0.2) is 0 Å². The van der Waals surface area contributed by atoms with E-state index in [0.717, 1.165) is 56.8 Å². The van der Waals surface area contributed by atoms with Crippen molar-refractivity contribution in [1.29, 1.82) is 0 Å². The molecule has 0 N–H and O–H groups in total. The molecule has 0 radical (unpaired) electrons. The molecule has 0 aromatic heterocycles. The zero-order valence-corrected chi connectivity index (χ0v) is 17.1. The van der Waals surface area contributed by atoms with E-state index in [1.807, 2.05) is 31.2 Å². The summed E-state index contributed by atoms with van der Waals surface area (Å²) >= 11 is 0. The lowest BCUT2D eigenvalue weighted by molar-refractivity contribution is 0.0563. The minimum Gasteiger partial charge on any atom is -0.369 e. The fourth-order valence-electron chi connectivity index (χ4n) is 4.67. The molecular weight excluding hydrogens is 346 g/mol. The zero-order valence-electron chi connectivity index (χ0n) is 17.1. The molecular formula is C24H31N3O. The highest BCUT2D eigenvalue weighted by Gasteiger charge is 2.30. The fourth-order valence-corrected chi connectivity index (χ4v) is 4.67. The van der Waals surface area contributed by atoms with Crippen LogP contribution in [0.2, 0.25) is 0 Å². The Labute approximate surface area is 168 Å². The Morgan fingerprint density at radius 1 is 0.857 bits per heavy atom. The molecule has 2 saturated heterocycles. The number of anilines is 1. The van der Waals surface area contributed by atoms with Gasteiger partial charge in [-0.05, 0) is 49.9 Å². The Morgan fingerprint density at radius 2 is 1.54 bits per heavy atom. The van der Waals surface area contributed by atoms with Crippen LogP contribution in [0.25, 0.3) is 0 Å². The second-order valence-electron chi connectivity index (χ2n) is 8.17. The number of aryl methyl sites for hydroxylation is 2. The Hall–Kier alpha value is -2.33. The van der Waals surface area contributed by atoms with Crippen molar-refractivity contribution in [2.24, 2.45) is 0 Å². The SMILES string of the molecule is Cc1ccccc1C(=O)N1CCC[C@@H](N2CCN(c3ccccc3C)CC2)C1. The molecule has 148 valence electrons. The van der Waals surface area contributed by atoms with E-state index in [1.165, 1.54) is 17.7 Å². The Kier molecular flexibility index (Phi) is 5.67. The molecule has 1 atom stereocenters. The molecule has 28 heavy (non-hydrogen) atoms. The highest BCUT2D eigenvalue weighted by molar-refractivity contribution is 5.95. The molecule has 2 fully saturated rings. The predicted molar refractivity (Wildman–Crippen MR) is 115 cm³/mol. The van der Waals surface area contributed by atoms with Crippen LogP contribution in [0.3, 0.4) is 0 Å². The number of amides is 1. The number of benzene rings is 2. The van der Waals surface area contributed by atoms with Crippen LogP contribution in [0.4, 0.5) is 5.69 Å². The van der Waals surface area contributed by atoms with Crippen LogP contribution in [0, 0.1) is 13.8 Å². The van der Waals surface area contributed by atoms with Crippen LogP contribution >= 0.6 is 0 Å². The monoisotopic (exact) mass is 377 g/mol. The standard InChI is InChI=1S/C24H31N3O/c1-19-8-3-5-11-22(19)24(28)27-13-7-10-21(18-27)25-14-16-26(17-15-25)23-12-6-4-9-20(23)2/h3-6,8-9,11-12,21H,7,10,13-18H2,1-2H3/t21-/m1/s1. The number of hydrogen-bond acceptors (Lipinski definition) is 3. The van der Waals surface area contributed by atoms with Gasteiger partial charge >= 0.3 is 0 Å². The average molecular weight is 378 g/mol. The summed E-state index contributed by atoms with van der Waals surface area (Å²) in [6.45, 7) is 10.2. The van der Waals surface area contributed by atoms with E-state index in [2.05, 4.69) is 45.9 Å². The lowest BCUT2D eigenvalue weighted by Crippen LogP contribution is -2.56. The van der Waals surface area contributed by atoms with Gasteiger partial charge in [0.25, 0.3) is 5.91 Å². The Balaban J connectivity index is 1.37. The Morgan fingerprint density at radius 3 is 2.25 bits per heavy atom. The van der Waals surface area contributed by atoms with Gasteiger partial charge in [0.05, 0.1) is 0 Å². The molecule has 4 nitrogen and oxygen atoms in total. The first-order valence-electron chi connectivity index (χ1n) is 10.5. The zero-order chi connectivity index (χ0) is 19.5. The van der Waals surface area contributed by atoms with Crippen LogP contribution in [0.1, 0.15) is 34.3 Å². The van der Waals surface area contributed by atoms with Crippen LogP contribution in [0.15, 0.2) is 48.5 Å². The maximum Gasteiger partial charge on any atom is 0.254 e. The summed E-state index contributed by atoms with van der Waals surface area (Å²) in [5.74, 6) is 0.196. The quantitative estimate of drug-likeness (QED) is 0.815. The minimum atomic E-state index is 0.196. The molecule has 2 heterocycles. The first-order valence-corrected chi connectivity index (χ1v) is 10.5. The fraction of sp³-hybridized carbons (Fsp3) is 0.458. The topological polar surface area (TPSA) is 26.8 Å². The number of para-hydroxylation sites is 1. The van der Waals surface area contributed by atoms with E-state index in [9.17, 15) is 4.79 Å². The van der Waals surface area contributed by atoms with Crippen molar-refractivity contribution in [3.8, 4) is 0 Å². The van der Waals surface area contributed by atoms with Gasteiger partial charge in [0.15, 0.2) is 0 Å². The molecule has 0 bridgehead atoms. The molecule has 2 aliphatic rings. The molecule has 0 saturated carbocycles. The van der Waals surface area contributed by atoms with Crippen molar-refractivity contribution in [2.75, 3.05) is 44.2 Å². The van der Waals surface area contributed by atoms with Gasteiger partial charge in [0.1, 0.15) is 0 Å². The van der Waals surface area contributed by atoms with Gasteiger partial charge in [-0.1, -0.05) is 36.4 Å². The smallest absolute Gasteiger partial charge is 0.254 e. The number of nitrogens with zero attached hydrogens (tertiary/aromatic N) is 3. The molecule has 0 spiro atoms. The van der Waals surface area contributed by atoms with Gasteiger partial charge in [-0.2, -0.15) is 0 Å². The van der Waals surface area contributed by atoms with E-state index < -0.39 is 0 Å². The summed E-state index contributed by atoms with van der Waals surface area (Å²) in [7, 11) is 0. The van der Waals surface area contributed by atoms with Crippen molar-refractivity contribution in [3.63, 3.8) is 0 Å². The normalized spacial score (nSPS) is 21.0. The molecule has 2 aromatic rings. The number of rotatable bonds is 3. The summed E-state index contributed by atoms with van der Waals surface area (Å²) < 4.78 is 0. The number of piperazine rings is 1. The maximum atomic E-state index is 13.0. The number of likely N-dealkylation sites (tertiary alicyclic amines) is 1. The minimum absolute atomic E-state index is 0.196. The molecule has 1 amide bonds. The van der Waals surface area contributed by atoms with E-state index in [-0.39, 0.29) is 5.91 Å². The van der Waals surface area contributed by atoms with Crippen molar-refractivity contribution >= 4 is 11.6 Å². The van der Waals surface area contributed by atoms with Crippen LogP contribution < -0.4 is 4.90 Å². The number of piperidine rings is 1. The van der Waals surface area contributed by atoms with Crippen LogP contribution in [0.5, 0.6) is 0 Å². The number of hydrogen-bond donors (Lipinski definition) is 0. The third-order valence-corrected chi connectivity index (χ3v) is 6.35. The van der Waals surface area contributed by atoms with Crippen molar-refractivity contribution < 1.29 is 4.79 Å². The molecule has 4 rings (SSSR count). The number of carbonyl (C=O) groups excluding carboxylic acids is 1. The Bertz CT molecular complexity index is 826. The third-order valence-electron chi connectivity index (χ3n) is 6.35. The highest BCUT2D eigenvalue weighted by atomic mass is 16.2. The highest BCUT2D eigenvalue weighted by Crippen LogP contribution is 2.24. The summed E-state index contributed by atoms with van der Waals surface area (Å²) in [4.78, 5) is 20.2. The third kappa shape index (κ3) is 3.93. The molecule has 2 aromatic carbocycles. The van der Waals surface area contributed by atoms with E-state index in [1.54, 1.807) is 0 Å². The van der Waals surface area contributed by atoms with Crippen LogP contribution in [-0.4, -0.2) is 61.0 Å². The van der Waals surface area contributed by atoms with Crippen molar-refractivity contribution in [3.05, 3.63) is 65.2 Å². The largest absolute Gasteiger partial charge is 0.369 e. The lowest BCUT2D eigenvalue weighted by atomic mass is 10.0. The molecule has 0 unspecified atom stereocenters. The second-order valence-corrected chi connectivity index (χ2v) is 8.17. The predicted octanol–water partition coefficient (Wildman–Crippen LogP) is 3.73. The van der Waals surface area contributed by atoms with Gasteiger partial charge < -0.3 is 9.80 Å². The second kappa shape index (κ2) is 8.36. The van der Waals surface area contributed by atoms with Crippen LogP contribution in [-0.2, 0) is 0 Å². The van der Waals surface area contributed by atoms with E-state index in [4.69, 9.17) is 0 Å². The molecule has 0 aliphatic carbocycles. The van der Waals surface area contributed by atoms with Gasteiger partial charge in [0, 0.05) is 56.6 Å². The van der Waals surface area contributed by atoms with Crippen molar-refractivity contribution in [1.82, 2.24) is 9.80 Å². The first-order chi connectivity index (χ1) is 13.6. The maximum absolute atomic E-state index is 13.0. The summed E-state index contributed by atoms with van der Waals surface area (Å²) in [6, 6.07) is 17.1. The van der Waals surface area contributed by atoms with Crippen molar-refractivity contribution in [2.45, 2.75) is 32.7 Å². The lowest BCUT2D eigenvalue weighted by Gasteiger charge is -2.44. The summed E-state index contributed by atoms with van der Waals surface area (Å²) in [6.07, 6.45) is 2.29. The average Bonchev–Trinajstić information content (AvgIpc) is 2.74. The molecule has 4 heteroatoms. The first kappa shape index (κ1) is 19.0. The van der Waals surface area contributed by atoms with Gasteiger partial charge in [-0.15, -0.1) is 0 Å². The summed E-state index contributed by atoms with van der Waals surface area (Å²) in [5, 5.41) is 0. The van der Waals surface area contributed by atoms with Gasteiger partial charge in [-0.3, -0.25) is 9.69 Å². The van der Waals surface area contributed by atoms with E-state index >= 15 is 0 Å². The summed E-state index contributed by atoms with van der Waals surface area (Å²) in [5.41, 5.74) is 4.64.